The zero-order valence-corrected chi connectivity index (χ0v) is 13.5. The first kappa shape index (κ1) is 19.2. The molecule has 0 aromatic carbocycles. The average molecular weight is 306 g/mol. The van der Waals surface area contributed by atoms with E-state index in [9.17, 15) is 9.59 Å². The quantitative estimate of drug-likeness (QED) is 0.752. The van der Waals surface area contributed by atoms with Gasteiger partial charge in [-0.2, -0.15) is 0 Å². The first-order valence-corrected chi connectivity index (χ1v) is 7.31. The van der Waals surface area contributed by atoms with E-state index in [0.717, 1.165) is 32.2 Å². The predicted molar refractivity (Wildman–Crippen MR) is 82.7 cm³/mol. The number of nitrogens with zero attached hydrogens (tertiary/aromatic N) is 1. The molecule has 0 saturated carbocycles. The van der Waals surface area contributed by atoms with Gasteiger partial charge in [0.1, 0.15) is 0 Å². The van der Waals surface area contributed by atoms with E-state index < -0.39 is 6.04 Å². The summed E-state index contributed by atoms with van der Waals surface area (Å²) in [5.74, 6) is -0.0721. The highest BCUT2D eigenvalue weighted by atomic mass is 35.5. The van der Waals surface area contributed by atoms with Crippen LogP contribution >= 0.6 is 12.4 Å². The van der Waals surface area contributed by atoms with Crippen LogP contribution in [-0.4, -0.2) is 41.9 Å². The van der Waals surface area contributed by atoms with Gasteiger partial charge in [0, 0.05) is 19.1 Å². The number of unbranched alkanes of at least 4 members (excludes halogenated alkanes) is 1. The standard InChI is InChI=1S/C14H27N3O2.ClH/c1-4-5-8-16-13(18)12-7-6-10(2)17(9-12)14(19)11(3)15;/h10-12H,4-9,15H2,1-3H3,(H,16,18);1H/t10?,11-,12?;/m0./s1. The van der Waals surface area contributed by atoms with Gasteiger partial charge in [-0.1, -0.05) is 13.3 Å². The van der Waals surface area contributed by atoms with Crippen LogP contribution < -0.4 is 11.1 Å². The van der Waals surface area contributed by atoms with Crippen molar-refractivity contribution >= 4 is 24.2 Å². The topological polar surface area (TPSA) is 75.4 Å². The fraction of sp³-hybridized carbons (Fsp3) is 0.857. The minimum atomic E-state index is -0.496. The van der Waals surface area contributed by atoms with Crippen molar-refractivity contribution in [2.45, 2.75) is 58.5 Å². The van der Waals surface area contributed by atoms with Gasteiger partial charge < -0.3 is 16.0 Å². The molecule has 1 fully saturated rings. The molecule has 0 aromatic heterocycles. The largest absolute Gasteiger partial charge is 0.356 e. The average Bonchev–Trinajstić information content (AvgIpc) is 2.38. The molecule has 2 unspecified atom stereocenters. The molecule has 20 heavy (non-hydrogen) atoms. The number of hydrogen-bond donors (Lipinski definition) is 2. The van der Waals surface area contributed by atoms with Crippen LogP contribution in [0.15, 0.2) is 0 Å². The second kappa shape index (κ2) is 9.19. The molecule has 1 heterocycles. The normalized spacial score (nSPS) is 23.7. The molecule has 5 nitrogen and oxygen atoms in total. The van der Waals surface area contributed by atoms with Crippen LogP contribution in [0.1, 0.15) is 46.5 Å². The molecule has 0 aliphatic carbocycles. The van der Waals surface area contributed by atoms with Gasteiger partial charge in [0.15, 0.2) is 0 Å². The molecule has 1 saturated heterocycles. The van der Waals surface area contributed by atoms with E-state index in [4.69, 9.17) is 5.73 Å². The van der Waals surface area contributed by atoms with Crippen molar-refractivity contribution in [3.63, 3.8) is 0 Å². The summed E-state index contributed by atoms with van der Waals surface area (Å²) in [6.45, 7) is 7.03. The third kappa shape index (κ3) is 5.29. The predicted octanol–water partition coefficient (Wildman–Crippen LogP) is 1.30. The van der Waals surface area contributed by atoms with Crippen molar-refractivity contribution in [2.24, 2.45) is 11.7 Å². The molecule has 2 amide bonds. The molecule has 118 valence electrons. The lowest BCUT2D eigenvalue weighted by Gasteiger charge is -2.38. The number of likely N-dealkylation sites (tertiary alicyclic amines) is 1. The number of carbonyl (C=O) groups excluding carboxylic acids is 2. The third-order valence-corrected chi connectivity index (χ3v) is 3.76. The molecule has 0 aromatic rings. The van der Waals surface area contributed by atoms with Crippen molar-refractivity contribution in [3.8, 4) is 0 Å². The number of halogens is 1. The number of carbonyl (C=O) groups is 2. The lowest BCUT2D eigenvalue weighted by Crippen LogP contribution is -2.53. The molecular formula is C14H28ClN3O2. The minimum absolute atomic E-state index is 0. The number of piperidine rings is 1. The Kier molecular flexibility index (Phi) is 8.81. The Morgan fingerprint density at radius 2 is 2.05 bits per heavy atom. The fourth-order valence-electron chi connectivity index (χ4n) is 2.42. The molecule has 0 bridgehead atoms. The summed E-state index contributed by atoms with van der Waals surface area (Å²) in [4.78, 5) is 25.8. The number of amides is 2. The first-order chi connectivity index (χ1) is 8.97. The Bertz CT molecular complexity index is 324. The highest BCUT2D eigenvalue weighted by molar-refractivity contribution is 5.85. The summed E-state index contributed by atoms with van der Waals surface area (Å²) in [6, 6.07) is -0.317. The summed E-state index contributed by atoms with van der Waals surface area (Å²) in [5.41, 5.74) is 5.66. The van der Waals surface area contributed by atoms with Gasteiger partial charge in [-0.25, -0.2) is 0 Å². The van der Waals surface area contributed by atoms with Crippen molar-refractivity contribution < 1.29 is 9.59 Å². The van der Waals surface area contributed by atoms with Gasteiger partial charge in [0.25, 0.3) is 0 Å². The maximum Gasteiger partial charge on any atom is 0.239 e. The van der Waals surface area contributed by atoms with E-state index in [2.05, 4.69) is 12.2 Å². The monoisotopic (exact) mass is 305 g/mol. The van der Waals surface area contributed by atoms with E-state index in [0.29, 0.717) is 6.54 Å². The Hall–Kier alpha value is -0.810. The van der Waals surface area contributed by atoms with Crippen LogP contribution in [0.4, 0.5) is 0 Å². The van der Waals surface area contributed by atoms with E-state index in [1.165, 1.54) is 0 Å². The van der Waals surface area contributed by atoms with Crippen LogP contribution in [0.3, 0.4) is 0 Å². The second-order valence-corrected chi connectivity index (χ2v) is 5.55. The second-order valence-electron chi connectivity index (χ2n) is 5.55. The molecule has 3 atom stereocenters. The summed E-state index contributed by atoms with van der Waals surface area (Å²) < 4.78 is 0. The molecule has 1 aliphatic heterocycles. The van der Waals surface area contributed by atoms with Gasteiger partial charge in [-0.3, -0.25) is 9.59 Å². The minimum Gasteiger partial charge on any atom is -0.356 e. The molecule has 1 aliphatic rings. The van der Waals surface area contributed by atoms with Crippen molar-refractivity contribution in [1.82, 2.24) is 10.2 Å². The van der Waals surface area contributed by atoms with Crippen LogP contribution in [0.2, 0.25) is 0 Å². The van der Waals surface area contributed by atoms with Crippen LogP contribution in [0.25, 0.3) is 0 Å². The third-order valence-electron chi connectivity index (χ3n) is 3.76. The zero-order valence-electron chi connectivity index (χ0n) is 12.7. The van der Waals surface area contributed by atoms with E-state index in [1.807, 2.05) is 6.92 Å². The number of hydrogen-bond acceptors (Lipinski definition) is 3. The summed E-state index contributed by atoms with van der Waals surface area (Å²) in [5, 5.41) is 2.95. The Morgan fingerprint density at radius 1 is 1.40 bits per heavy atom. The van der Waals surface area contributed by atoms with Gasteiger partial charge in [-0.05, 0) is 33.1 Å². The van der Waals surface area contributed by atoms with Gasteiger partial charge in [0.2, 0.25) is 11.8 Å². The molecule has 3 N–H and O–H groups in total. The van der Waals surface area contributed by atoms with Gasteiger partial charge in [0.05, 0.1) is 12.0 Å². The summed E-state index contributed by atoms with van der Waals surface area (Å²) in [6.07, 6.45) is 3.78. The molecule has 1 rings (SSSR count). The van der Waals surface area contributed by atoms with Crippen molar-refractivity contribution in [1.29, 1.82) is 0 Å². The Morgan fingerprint density at radius 3 is 2.60 bits per heavy atom. The lowest BCUT2D eigenvalue weighted by molar-refractivity contribution is -0.139. The van der Waals surface area contributed by atoms with E-state index >= 15 is 0 Å². The smallest absolute Gasteiger partial charge is 0.239 e. The fourth-order valence-corrected chi connectivity index (χ4v) is 2.42. The van der Waals surface area contributed by atoms with Crippen LogP contribution in [0.5, 0.6) is 0 Å². The van der Waals surface area contributed by atoms with Gasteiger partial charge >= 0.3 is 0 Å². The first-order valence-electron chi connectivity index (χ1n) is 7.31. The summed E-state index contributed by atoms with van der Waals surface area (Å²) >= 11 is 0. The van der Waals surface area contributed by atoms with Gasteiger partial charge in [-0.15, -0.1) is 12.4 Å². The number of nitrogens with two attached hydrogens (primary N) is 1. The molecule has 0 radical (unpaired) electrons. The van der Waals surface area contributed by atoms with Crippen LogP contribution in [-0.2, 0) is 9.59 Å². The zero-order chi connectivity index (χ0) is 14.4. The maximum atomic E-state index is 12.0. The number of nitrogens with one attached hydrogen (secondary N) is 1. The number of rotatable bonds is 5. The molecule has 0 spiro atoms. The van der Waals surface area contributed by atoms with E-state index in [1.54, 1.807) is 11.8 Å². The molecular weight excluding hydrogens is 278 g/mol. The Labute approximate surface area is 128 Å². The Balaban J connectivity index is 0.00000361. The maximum absolute atomic E-state index is 12.0. The lowest BCUT2D eigenvalue weighted by atomic mass is 9.92. The highest BCUT2D eigenvalue weighted by Crippen LogP contribution is 2.22. The molecule has 6 heteroatoms. The SMILES string of the molecule is CCCCNC(=O)C1CCC(C)N(C(=O)[C@H](C)N)C1.Cl. The van der Waals surface area contributed by atoms with Crippen LogP contribution in [0, 0.1) is 5.92 Å². The summed E-state index contributed by atoms with van der Waals surface area (Å²) in [7, 11) is 0. The van der Waals surface area contributed by atoms with Crippen molar-refractivity contribution in [3.05, 3.63) is 0 Å². The van der Waals surface area contributed by atoms with E-state index in [-0.39, 0.29) is 36.2 Å². The van der Waals surface area contributed by atoms with Crippen molar-refractivity contribution in [2.75, 3.05) is 13.1 Å². The highest BCUT2D eigenvalue weighted by Gasteiger charge is 2.33.